The van der Waals surface area contributed by atoms with E-state index in [0.717, 1.165) is 34.2 Å². The zero-order chi connectivity index (χ0) is 18.0. The molecule has 3 rings (SSSR count). The van der Waals surface area contributed by atoms with Crippen molar-refractivity contribution >= 4 is 22.2 Å². The van der Waals surface area contributed by atoms with Gasteiger partial charge >= 0.3 is 0 Å². The Morgan fingerprint density at radius 1 is 1.28 bits per heavy atom. The summed E-state index contributed by atoms with van der Waals surface area (Å²) >= 11 is 1.38. The lowest BCUT2D eigenvalue weighted by Crippen LogP contribution is -2.25. The van der Waals surface area contributed by atoms with Crippen LogP contribution in [-0.2, 0) is 6.42 Å². The number of methoxy groups -OCH3 is 1. The number of amides is 1. The number of hydrogen-bond donors (Lipinski definition) is 1. The molecule has 0 bridgehead atoms. The molecule has 0 aliphatic heterocycles. The van der Waals surface area contributed by atoms with E-state index in [9.17, 15) is 4.79 Å². The fraction of sp³-hybridized carbons (Fsp3) is 0.389. The van der Waals surface area contributed by atoms with Gasteiger partial charge in [0.15, 0.2) is 0 Å². The number of fused-ring (bicyclic) bond motifs is 1. The maximum atomic E-state index is 12.5. The Morgan fingerprint density at radius 2 is 2.00 bits per heavy atom. The fourth-order valence-corrected chi connectivity index (χ4v) is 3.70. The third-order valence-electron chi connectivity index (χ3n) is 4.10. The predicted molar refractivity (Wildman–Crippen MR) is 98.7 cm³/mol. The molecule has 0 spiro atoms. The molecule has 1 N–H and O–H groups in total. The second kappa shape index (κ2) is 7.23. The molecule has 0 saturated carbocycles. The van der Waals surface area contributed by atoms with E-state index in [1.807, 2.05) is 35.6 Å². The molecule has 0 saturated heterocycles. The third kappa shape index (κ3) is 3.51. The number of nitrogens with one attached hydrogen (secondary N) is 1. The Balaban J connectivity index is 1.66. The molecule has 7 heteroatoms. The van der Waals surface area contributed by atoms with Crippen molar-refractivity contribution in [3.05, 3.63) is 46.2 Å². The molecule has 3 aromatic rings. The Kier molecular flexibility index (Phi) is 5.03. The summed E-state index contributed by atoms with van der Waals surface area (Å²) in [5.74, 6) is 1.92. The van der Waals surface area contributed by atoms with Crippen molar-refractivity contribution in [1.82, 2.24) is 19.9 Å². The van der Waals surface area contributed by atoms with Crippen LogP contribution in [0, 0.1) is 6.92 Å². The fourth-order valence-electron chi connectivity index (χ4n) is 2.71. The second-order valence-corrected chi connectivity index (χ2v) is 7.18. The molecule has 0 aliphatic rings. The van der Waals surface area contributed by atoms with Crippen LogP contribution in [0.5, 0.6) is 5.75 Å². The molecule has 2 aromatic heterocycles. The first-order valence-electron chi connectivity index (χ1n) is 8.26. The maximum Gasteiger partial charge on any atom is 0.263 e. The summed E-state index contributed by atoms with van der Waals surface area (Å²) in [6.07, 6.45) is 0.774. The summed E-state index contributed by atoms with van der Waals surface area (Å²) < 4.78 is 7.13. The van der Waals surface area contributed by atoms with Gasteiger partial charge in [0.1, 0.15) is 16.5 Å². The Hall–Kier alpha value is -2.41. The zero-order valence-electron chi connectivity index (χ0n) is 14.9. The van der Waals surface area contributed by atoms with Crippen LogP contribution in [0.3, 0.4) is 0 Å². The van der Waals surface area contributed by atoms with Crippen molar-refractivity contribution in [2.24, 2.45) is 0 Å². The summed E-state index contributed by atoms with van der Waals surface area (Å²) in [5, 5.41) is 11.4. The first-order chi connectivity index (χ1) is 12.0. The first-order valence-corrected chi connectivity index (χ1v) is 9.08. The molecule has 0 fully saturated rings. The minimum Gasteiger partial charge on any atom is -0.497 e. The maximum absolute atomic E-state index is 12.5. The lowest BCUT2D eigenvalue weighted by molar-refractivity contribution is 0.0957. The molecule has 132 valence electrons. The third-order valence-corrected chi connectivity index (χ3v) is 5.23. The smallest absolute Gasteiger partial charge is 0.263 e. The van der Waals surface area contributed by atoms with Gasteiger partial charge in [-0.15, -0.1) is 10.2 Å². The molecule has 0 aliphatic carbocycles. The van der Waals surface area contributed by atoms with E-state index in [4.69, 9.17) is 4.74 Å². The highest BCUT2D eigenvalue weighted by Crippen LogP contribution is 2.25. The van der Waals surface area contributed by atoms with Gasteiger partial charge in [-0.2, -0.15) is 0 Å². The molecular formula is C18H22N4O2S. The van der Waals surface area contributed by atoms with Crippen LogP contribution in [-0.4, -0.2) is 34.2 Å². The van der Waals surface area contributed by atoms with Gasteiger partial charge in [0, 0.05) is 18.2 Å². The lowest BCUT2D eigenvalue weighted by Gasteiger charge is -2.06. The number of ether oxygens (including phenoxy) is 1. The SMILES string of the molecule is COc1ccc(CCNC(=O)c2sc3nnc(C(C)C)n3c2C)cc1. The van der Waals surface area contributed by atoms with Gasteiger partial charge in [-0.05, 0) is 31.0 Å². The van der Waals surface area contributed by atoms with Crippen LogP contribution in [0.2, 0.25) is 0 Å². The first kappa shape index (κ1) is 17.4. The van der Waals surface area contributed by atoms with Crippen molar-refractivity contribution in [3.8, 4) is 5.75 Å². The summed E-state index contributed by atoms with van der Waals surface area (Å²) in [6, 6.07) is 7.87. The number of rotatable bonds is 6. The van der Waals surface area contributed by atoms with Crippen molar-refractivity contribution in [2.45, 2.75) is 33.1 Å². The van der Waals surface area contributed by atoms with Crippen LogP contribution in [0.15, 0.2) is 24.3 Å². The molecule has 6 nitrogen and oxygen atoms in total. The molecular weight excluding hydrogens is 336 g/mol. The van der Waals surface area contributed by atoms with E-state index in [0.29, 0.717) is 11.4 Å². The highest BCUT2D eigenvalue weighted by molar-refractivity contribution is 7.19. The minimum atomic E-state index is -0.0591. The molecule has 0 atom stereocenters. The van der Waals surface area contributed by atoms with Crippen molar-refractivity contribution in [1.29, 1.82) is 0 Å². The Labute approximate surface area is 150 Å². The van der Waals surface area contributed by atoms with E-state index in [-0.39, 0.29) is 11.8 Å². The van der Waals surface area contributed by atoms with Crippen LogP contribution in [0.25, 0.3) is 4.96 Å². The minimum absolute atomic E-state index is 0.0591. The van der Waals surface area contributed by atoms with E-state index in [1.165, 1.54) is 11.3 Å². The topological polar surface area (TPSA) is 68.5 Å². The average molecular weight is 358 g/mol. The highest BCUT2D eigenvalue weighted by Gasteiger charge is 2.20. The number of carbonyl (C=O) groups is 1. The summed E-state index contributed by atoms with van der Waals surface area (Å²) in [7, 11) is 1.65. The number of carbonyl (C=O) groups excluding carboxylic acids is 1. The van der Waals surface area contributed by atoms with Crippen molar-refractivity contribution in [2.75, 3.05) is 13.7 Å². The van der Waals surface area contributed by atoms with Gasteiger partial charge in [0.25, 0.3) is 5.91 Å². The number of thiazole rings is 1. The summed E-state index contributed by atoms with van der Waals surface area (Å²) in [5.41, 5.74) is 2.06. The summed E-state index contributed by atoms with van der Waals surface area (Å²) in [6.45, 7) is 6.67. The molecule has 2 heterocycles. The standard InChI is InChI=1S/C18H22N4O2S/c1-11(2)16-20-21-18-22(16)12(3)15(25-18)17(23)19-10-9-13-5-7-14(24-4)8-6-13/h5-8,11H,9-10H2,1-4H3,(H,19,23). The average Bonchev–Trinajstić information content (AvgIpc) is 3.16. The quantitative estimate of drug-likeness (QED) is 0.735. The highest BCUT2D eigenvalue weighted by atomic mass is 32.1. The Morgan fingerprint density at radius 3 is 2.64 bits per heavy atom. The largest absolute Gasteiger partial charge is 0.497 e. The molecule has 0 radical (unpaired) electrons. The summed E-state index contributed by atoms with van der Waals surface area (Å²) in [4.78, 5) is 14.0. The number of hydrogen-bond acceptors (Lipinski definition) is 5. The monoisotopic (exact) mass is 358 g/mol. The van der Waals surface area contributed by atoms with Gasteiger partial charge in [-0.25, -0.2) is 0 Å². The molecule has 0 unspecified atom stereocenters. The van der Waals surface area contributed by atoms with E-state index >= 15 is 0 Å². The molecule has 1 aromatic carbocycles. The van der Waals surface area contributed by atoms with E-state index in [2.05, 4.69) is 29.4 Å². The number of nitrogens with zero attached hydrogens (tertiary/aromatic N) is 3. The second-order valence-electron chi connectivity index (χ2n) is 6.20. The zero-order valence-corrected chi connectivity index (χ0v) is 15.7. The number of aromatic nitrogens is 3. The van der Waals surface area contributed by atoms with Gasteiger partial charge in [0.05, 0.1) is 7.11 Å². The van der Waals surface area contributed by atoms with Crippen molar-refractivity contribution in [3.63, 3.8) is 0 Å². The predicted octanol–water partition coefficient (Wildman–Crippen LogP) is 3.20. The van der Waals surface area contributed by atoms with Gasteiger partial charge in [-0.3, -0.25) is 9.20 Å². The molecule has 25 heavy (non-hydrogen) atoms. The van der Waals surface area contributed by atoms with E-state index < -0.39 is 0 Å². The lowest BCUT2D eigenvalue weighted by atomic mass is 10.1. The normalized spacial score (nSPS) is 11.2. The van der Waals surface area contributed by atoms with Gasteiger partial charge < -0.3 is 10.1 Å². The van der Waals surface area contributed by atoms with Crippen LogP contribution < -0.4 is 10.1 Å². The van der Waals surface area contributed by atoms with Gasteiger partial charge in [-0.1, -0.05) is 37.3 Å². The number of aryl methyl sites for hydroxylation is 1. The van der Waals surface area contributed by atoms with Crippen molar-refractivity contribution < 1.29 is 9.53 Å². The van der Waals surface area contributed by atoms with E-state index in [1.54, 1.807) is 7.11 Å². The number of benzene rings is 1. The van der Waals surface area contributed by atoms with Crippen LogP contribution >= 0.6 is 11.3 Å². The Bertz CT molecular complexity index is 881. The van der Waals surface area contributed by atoms with Crippen LogP contribution in [0.4, 0.5) is 0 Å². The van der Waals surface area contributed by atoms with Gasteiger partial charge in [0.2, 0.25) is 4.96 Å². The molecule has 1 amide bonds. The van der Waals surface area contributed by atoms with Crippen LogP contribution in [0.1, 0.15) is 46.5 Å².